The number of pyridine rings is 2. The molecule has 2 aliphatic heterocycles. The molecule has 2 N–H and O–H groups in total. The molecule has 7 nitrogen and oxygen atoms in total. The van der Waals surface area contributed by atoms with Crippen molar-refractivity contribution >= 4 is 16.9 Å². The number of hydrogen-bond acceptors (Lipinski definition) is 6. The van der Waals surface area contributed by atoms with Crippen LogP contribution < -0.4 is 5.32 Å². The third-order valence-corrected chi connectivity index (χ3v) is 6.91. The lowest BCUT2D eigenvalue weighted by molar-refractivity contribution is 0.0390. The highest BCUT2D eigenvalue weighted by atomic mass is 16.5. The van der Waals surface area contributed by atoms with Gasteiger partial charge in [-0.25, -0.2) is 9.78 Å². The van der Waals surface area contributed by atoms with Crippen molar-refractivity contribution < 1.29 is 9.53 Å². The lowest BCUT2D eigenvalue weighted by Crippen LogP contribution is -2.41. The van der Waals surface area contributed by atoms with Crippen LogP contribution in [-0.2, 0) is 4.74 Å². The lowest BCUT2D eigenvalue weighted by atomic mass is 9.89. The molecule has 5 heterocycles. The molecule has 2 aliphatic rings. The molecule has 0 aliphatic carbocycles. The van der Waals surface area contributed by atoms with E-state index in [2.05, 4.69) is 25.3 Å². The summed E-state index contributed by atoms with van der Waals surface area (Å²) in [5.41, 5.74) is 5.64. The minimum atomic E-state index is -0.328. The molecule has 6 rings (SSSR count). The zero-order chi connectivity index (χ0) is 22.4. The topological polar surface area (TPSA) is 92.8 Å². The van der Waals surface area contributed by atoms with Crippen molar-refractivity contribution in [3.63, 3.8) is 0 Å². The number of ether oxygens (including phenoxy) is 1. The fraction of sp³-hybridized carbons (Fsp3) is 0.308. The zero-order valence-electron chi connectivity index (χ0n) is 18.5. The summed E-state index contributed by atoms with van der Waals surface area (Å²) in [5.74, 6) is -0.328. The van der Waals surface area contributed by atoms with Crippen LogP contribution in [0.5, 0.6) is 0 Å². The van der Waals surface area contributed by atoms with Crippen LogP contribution >= 0.6 is 0 Å². The van der Waals surface area contributed by atoms with Crippen LogP contribution in [0.2, 0.25) is 0 Å². The number of H-pyrrole nitrogens is 1. The Morgan fingerprint density at radius 3 is 2.82 bits per heavy atom. The summed E-state index contributed by atoms with van der Waals surface area (Å²) >= 11 is 0. The second-order valence-corrected chi connectivity index (χ2v) is 9.20. The first-order chi connectivity index (χ1) is 16.1. The average Bonchev–Trinajstić information content (AvgIpc) is 3.58. The van der Waals surface area contributed by atoms with Gasteiger partial charge in [0.2, 0.25) is 0 Å². The van der Waals surface area contributed by atoms with Gasteiger partial charge in [-0.3, -0.25) is 9.97 Å². The number of esters is 1. The standard InChI is InChI=1S/C26H25N5O2/c1-16-3-2-4-22(30-16)24-23(28-15-29-24)17-5-6-21-18(11-17)12-19(13-27-21)25(32)33-14-26-9-7-20(31-26)8-10-26/h2-6,11-13,15,20,31H,7-10,14H2,1H3,(H,28,29). The summed E-state index contributed by atoms with van der Waals surface area (Å²) < 4.78 is 5.71. The van der Waals surface area contributed by atoms with Crippen LogP contribution in [0.25, 0.3) is 33.5 Å². The van der Waals surface area contributed by atoms with Gasteiger partial charge < -0.3 is 15.0 Å². The van der Waals surface area contributed by atoms with Crippen molar-refractivity contribution in [3.05, 3.63) is 66.2 Å². The summed E-state index contributed by atoms with van der Waals surface area (Å²) in [6, 6.07) is 14.3. The molecule has 2 bridgehead atoms. The Bertz CT molecular complexity index is 1350. The van der Waals surface area contributed by atoms with Crippen LogP contribution in [0, 0.1) is 6.92 Å². The number of nitrogens with zero attached hydrogens (tertiary/aromatic N) is 3. The smallest absolute Gasteiger partial charge is 0.339 e. The number of fused-ring (bicyclic) bond motifs is 3. The Morgan fingerprint density at radius 1 is 1.15 bits per heavy atom. The number of aryl methyl sites for hydroxylation is 1. The van der Waals surface area contributed by atoms with E-state index in [0.29, 0.717) is 18.2 Å². The Hall–Kier alpha value is -3.58. The summed E-state index contributed by atoms with van der Waals surface area (Å²) in [6.07, 6.45) is 7.77. The molecule has 0 radical (unpaired) electrons. The Balaban J connectivity index is 1.28. The highest BCUT2D eigenvalue weighted by molar-refractivity contribution is 5.95. The molecule has 33 heavy (non-hydrogen) atoms. The van der Waals surface area contributed by atoms with E-state index in [4.69, 9.17) is 4.74 Å². The number of rotatable bonds is 5. The molecule has 1 aromatic carbocycles. The van der Waals surface area contributed by atoms with Gasteiger partial charge in [-0.2, -0.15) is 0 Å². The van der Waals surface area contributed by atoms with E-state index in [-0.39, 0.29) is 11.5 Å². The first kappa shape index (κ1) is 20.1. The first-order valence-corrected chi connectivity index (χ1v) is 11.4. The van der Waals surface area contributed by atoms with E-state index in [0.717, 1.165) is 52.1 Å². The third kappa shape index (κ3) is 3.68. The summed E-state index contributed by atoms with van der Waals surface area (Å²) in [7, 11) is 0. The SMILES string of the molecule is Cc1cccc(-c2[nH]cnc2-c2ccc3ncc(C(=O)OCC45CCC(CC4)N5)cc3c2)n1. The third-order valence-electron chi connectivity index (χ3n) is 6.91. The van der Waals surface area contributed by atoms with Gasteiger partial charge in [0.1, 0.15) is 6.61 Å². The maximum atomic E-state index is 12.8. The van der Waals surface area contributed by atoms with Gasteiger partial charge >= 0.3 is 5.97 Å². The second-order valence-electron chi connectivity index (χ2n) is 9.20. The zero-order valence-corrected chi connectivity index (χ0v) is 18.5. The van der Waals surface area contributed by atoms with Gasteiger partial charge in [-0.1, -0.05) is 12.1 Å². The van der Waals surface area contributed by atoms with Gasteiger partial charge in [0.05, 0.1) is 40.0 Å². The number of aromatic nitrogens is 4. The van der Waals surface area contributed by atoms with E-state index in [1.807, 2.05) is 49.4 Å². The predicted molar refractivity (Wildman–Crippen MR) is 126 cm³/mol. The fourth-order valence-corrected chi connectivity index (χ4v) is 5.15. The largest absolute Gasteiger partial charge is 0.460 e. The minimum absolute atomic E-state index is 0.0298. The van der Waals surface area contributed by atoms with Gasteiger partial charge in [-0.05, 0) is 62.9 Å². The second kappa shape index (κ2) is 7.78. The molecule has 0 spiro atoms. The molecular formula is C26H25N5O2. The van der Waals surface area contributed by atoms with Crippen LogP contribution in [0.4, 0.5) is 0 Å². The molecule has 7 heteroatoms. The van der Waals surface area contributed by atoms with E-state index < -0.39 is 0 Å². The molecule has 2 fully saturated rings. The quantitative estimate of drug-likeness (QED) is 0.447. The Morgan fingerprint density at radius 2 is 2.03 bits per heavy atom. The van der Waals surface area contributed by atoms with Crippen molar-refractivity contribution in [2.24, 2.45) is 0 Å². The van der Waals surface area contributed by atoms with Crippen molar-refractivity contribution in [3.8, 4) is 22.6 Å². The average molecular weight is 440 g/mol. The van der Waals surface area contributed by atoms with E-state index >= 15 is 0 Å². The number of imidazole rings is 1. The number of hydrogen-bond donors (Lipinski definition) is 2. The number of aromatic amines is 1. The summed E-state index contributed by atoms with van der Waals surface area (Å²) in [5, 5.41) is 4.48. The molecule has 4 aromatic rings. The predicted octanol–water partition coefficient (Wildman–Crippen LogP) is 4.44. The highest BCUT2D eigenvalue weighted by Gasteiger charge is 2.45. The van der Waals surface area contributed by atoms with Gasteiger partial charge in [0.15, 0.2) is 0 Å². The minimum Gasteiger partial charge on any atom is -0.460 e. The molecule has 0 amide bonds. The van der Waals surface area contributed by atoms with Crippen molar-refractivity contribution in [2.45, 2.75) is 44.2 Å². The van der Waals surface area contributed by atoms with Gasteiger partial charge in [-0.15, -0.1) is 0 Å². The van der Waals surface area contributed by atoms with Gasteiger partial charge in [0.25, 0.3) is 0 Å². The lowest BCUT2D eigenvalue weighted by Gasteiger charge is -2.25. The van der Waals surface area contributed by atoms with Crippen LogP contribution in [-0.4, -0.2) is 44.1 Å². The van der Waals surface area contributed by atoms with Crippen molar-refractivity contribution in [1.82, 2.24) is 25.3 Å². The van der Waals surface area contributed by atoms with Crippen LogP contribution in [0.1, 0.15) is 41.7 Å². The number of carbonyl (C=O) groups excluding carboxylic acids is 1. The van der Waals surface area contributed by atoms with E-state index in [1.165, 1.54) is 12.8 Å². The Labute approximate surface area is 191 Å². The van der Waals surface area contributed by atoms with Crippen LogP contribution in [0.3, 0.4) is 0 Å². The monoisotopic (exact) mass is 439 g/mol. The van der Waals surface area contributed by atoms with E-state index in [1.54, 1.807) is 12.5 Å². The molecule has 0 saturated carbocycles. The molecule has 0 unspecified atom stereocenters. The fourth-order valence-electron chi connectivity index (χ4n) is 5.15. The van der Waals surface area contributed by atoms with Crippen molar-refractivity contribution in [2.75, 3.05) is 6.61 Å². The maximum absolute atomic E-state index is 12.8. The normalized spacial score (nSPS) is 21.5. The molecule has 0 atom stereocenters. The highest BCUT2D eigenvalue weighted by Crippen LogP contribution is 2.37. The molecule has 3 aromatic heterocycles. The number of nitrogens with one attached hydrogen (secondary N) is 2. The number of benzene rings is 1. The summed E-state index contributed by atoms with van der Waals surface area (Å²) in [4.78, 5) is 29.6. The van der Waals surface area contributed by atoms with Crippen LogP contribution in [0.15, 0.2) is 55.0 Å². The Kier molecular flexibility index (Phi) is 4.73. The molecule has 2 saturated heterocycles. The van der Waals surface area contributed by atoms with Gasteiger partial charge in [0, 0.05) is 28.9 Å². The molecule has 166 valence electrons. The summed E-state index contributed by atoms with van der Waals surface area (Å²) in [6.45, 7) is 2.38. The van der Waals surface area contributed by atoms with Crippen molar-refractivity contribution in [1.29, 1.82) is 0 Å². The first-order valence-electron chi connectivity index (χ1n) is 11.4. The number of carbonyl (C=O) groups is 1. The molecular weight excluding hydrogens is 414 g/mol. The maximum Gasteiger partial charge on any atom is 0.339 e. The van der Waals surface area contributed by atoms with E-state index in [9.17, 15) is 4.79 Å².